The number of aromatic nitrogens is 2. The molecule has 0 spiro atoms. The highest BCUT2D eigenvalue weighted by Gasteiger charge is 2.48. The van der Waals surface area contributed by atoms with Crippen LogP contribution in [0.1, 0.15) is 51.0 Å². The SMILES string of the molecule is CC(C)(C(=O)Nc1ccc(Cl)nc1)[C@@H]1CC2CC(c3ccnc4ccc(F)cc34)C[C@H]2C1. The predicted octanol–water partition coefficient (Wildman–Crippen LogP) is 6.61. The third kappa shape index (κ3) is 3.88. The number of carbonyl (C=O) groups is 1. The lowest BCUT2D eigenvalue weighted by atomic mass is 9.75. The molecule has 2 heterocycles. The minimum Gasteiger partial charge on any atom is -0.324 e. The summed E-state index contributed by atoms with van der Waals surface area (Å²) in [6.45, 7) is 4.10. The fourth-order valence-electron chi connectivity index (χ4n) is 5.88. The van der Waals surface area contributed by atoms with Crippen LogP contribution in [0.15, 0.2) is 48.8 Å². The molecule has 1 aromatic carbocycles. The second-order valence-electron chi connectivity index (χ2n) is 9.96. The van der Waals surface area contributed by atoms with Gasteiger partial charge in [-0.2, -0.15) is 0 Å². The summed E-state index contributed by atoms with van der Waals surface area (Å²) in [6, 6.07) is 10.4. The number of nitrogens with one attached hydrogen (secondary N) is 1. The van der Waals surface area contributed by atoms with Gasteiger partial charge in [-0.25, -0.2) is 9.37 Å². The monoisotopic (exact) mass is 451 g/mol. The molecule has 2 aliphatic rings. The smallest absolute Gasteiger partial charge is 0.230 e. The molecule has 4 nitrogen and oxygen atoms in total. The summed E-state index contributed by atoms with van der Waals surface area (Å²) < 4.78 is 13.9. The third-order valence-electron chi connectivity index (χ3n) is 7.78. The number of fused-ring (bicyclic) bond motifs is 2. The summed E-state index contributed by atoms with van der Waals surface area (Å²) in [5.41, 5.74) is 2.27. The average Bonchev–Trinajstić information content (AvgIpc) is 3.34. The standard InChI is InChI=1S/C26H27ClFN3O/c1-26(2,25(32)31-20-4-6-24(27)30-14-20)18-11-15-9-17(10-16(15)12-18)21-7-8-29-23-5-3-19(28)13-22(21)23/h3-8,13-18H,9-12H2,1-2H3,(H,31,32)/t15-,16?,17?,18-/m0/s1. The zero-order valence-electron chi connectivity index (χ0n) is 18.3. The van der Waals surface area contributed by atoms with Gasteiger partial charge in [-0.3, -0.25) is 9.78 Å². The predicted molar refractivity (Wildman–Crippen MR) is 125 cm³/mol. The maximum Gasteiger partial charge on any atom is 0.230 e. The van der Waals surface area contributed by atoms with Crippen molar-refractivity contribution in [3.63, 3.8) is 0 Å². The van der Waals surface area contributed by atoms with Crippen LogP contribution in [-0.2, 0) is 4.79 Å². The molecular weight excluding hydrogens is 425 g/mol. The first-order valence-electron chi connectivity index (χ1n) is 11.3. The van der Waals surface area contributed by atoms with E-state index in [1.165, 1.54) is 11.6 Å². The fourth-order valence-corrected chi connectivity index (χ4v) is 5.99. The van der Waals surface area contributed by atoms with Crippen molar-refractivity contribution in [2.24, 2.45) is 23.2 Å². The van der Waals surface area contributed by atoms with E-state index in [9.17, 15) is 9.18 Å². The van der Waals surface area contributed by atoms with Gasteiger partial charge in [0.15, 0.2) is 0 Å². The van der Waals surface area contributed by atoms with E-state index in [4.69, 9.17) is 11.6 Å². The van der Waals surface area contributed by atoms with Gasteiger partial charge in [0, 0.05) is 17.0 Å². The lowest BCUT2D eigenvalue weighted by Crippen LogP contribution is -2.37. The summed E-state index contributed by atoms with van der Waals surface area (Å²) in [7, 11) is 0. The maximum absolute atomic E-state index is 13.9. The summed E-state index contributed by atoms with van der Waals surface area (Å²) in [6.07, 6.45) is 7.72. The minimum absolute atomic E-state index is 0.0266. The van der Waals surface area contributed by atoms with E-state index in [-0.39, 0.29) is 11.7 Å². The van der Waals surface area contributed by atoms with E-state index in [2.05, 4.69) is 21.4 Å². The lowest BCUT2D eigenvalue weighted by molar-refractivity contribution is -0.126. The number of amides is 1. The van der Waals surface area contributed by atoms with Crippen molar-refractivity contribution in [1.82, 2.24) is 9.97 Å². The maximum atomic E-state index is 13.9. The van der Waals surface area contributed by atoms with Gasteiger partial charge in [-0.15, -0.1) is 0 Å². The molecule has 0 aliphatic heterocycles. The normalized spacial score (nSPS) is 25.1. The van der Waals surface area contributed by atoms with Crippen LogP contribution >= 0.6 is 11.6 Å². The average molecular weight is 452 g/mol. The van der Waals surface area contributed by atoms with E-state index >= 15 is 0 Å². The molecule has 1 amide bonds. The molecule has 0 radical (unpaired) electrons. The Balaban J connectivity index is 1.28. The molecule has 2 unspecified atom stereocenters. The van der Waals surface area contributed by atoms with Gasteiger partial charge >= 0.3 is 0 Å². The number of benzene rings is 1. The molecule has 2 saturated carbocycles. The van der Waals surface area contributed by atoms with Crippen molar-refractivity contribution in [2.45, 2.75) is 45.4 Å². The molecule has 0 saturated heterocycles. The highest BCUT2D eigenvalue weighted by atomic mass is 35.5. The van der Waals surface area contributed by atoms with Crippen molar-refractivity contribution in [3.8, 4) is 0 Å². The van der Waals surface area contributed by atoms with Crippen LogP contribution in [0, 0.1) is 29.0 Å². The van der Waals surface area contributed by atoms with Crippen molar-refractivity contribution in [1.29, 1.82) is 0 Å². The van der Waals surface area contributed by atoms with Crippen LogP contribution in [0.5, 0.6) is 0 Å². The molecule has 2 aliphatic carbocycles. The minimum atomic E-state index is -0.466. The number of anilines is 1. The number of rotatable bonds is 4. The van der Waals surface area contributed by atoms with Crippen LogP contribution < -0.4 is 5.32 Å². The highest BCUT2D eigenvalue weighted by Crippen LogP contribution is 2.56. The Morgan fingerprint density at radius 1 is 1.06 bits per heavy atom. The number of carbonyl (C=O) groups excluding carboxylic acids is 1. The van der Waals surface area contributed by atoms with E-state index in [1.54, 1.807) is 30.5 Å². The van der Waals surface area contributed by atoms with Gasteiger partial charge in [-0.05, 0) is 91.3 Å². The van der Waals surface area contributed by atoms with E-state index in [0.717, 1.165) is 36.6 Å². The zero-order valence-corrected chi connectivity index (χ0v) is 19.1. The Morgan fingerprint density at radius 2 is 1.81 bits per heavy atom. The molecule has 2 fully saturated rings. The first kappa shape index (κ1) is 21.3. The van der Waals surface area contributed by atoms with E-state index in [1.807, 2.05) is 20.0 Å². The van der Waals surface area contributed by atoms with Crippen molar-refractivity contribution >= 4 is 34.1 Å². The Kier molecular flexibility index (Phi) is 5.40. The van der Waals surface area contributed by atoms with Gasteiger partial charge in [0.2, 0.25) is 5.91 Å². The quantitative estimate of drug-likeness (QED) is 0.454. The van der Waals surface area contributed by atoms with Crippen LogP contribution in [0.25, 0.3) is 10.9 Å². The number of hydrogen-bond donors (Lipinski definition) is 1. The highest BCUT2D eigenvalue weighted by molar-refractivity contribution is 6.29. The van der Waals surface area contributed by atoms with E-state index in [0.29, 0.717) is 34.5 Å². The Bertz CT molecular complexity index is 1150. The van der Waals surface area contributed by atoms with Gasteiger partial charge < -0.3 is 5.32 Å². The van der Waals surface area contributed by atoms with Crippen LogP contribution in [0.2, 0.25) is 5.15 Å². The van der Waals surface area contributed by atoms with Crippen molar-refractivity contribution < 1.29 is 9.18 Å². The molecule has 166 valence electrons. The van der Waals surface area contributed by atoms with Crippen LogP contribution in [-0.4, -0.2) is 15.9 Å². The molecule has 2 aromatic heterocycles. The summed E-state index contributed by atoms with van der Waals surface area (Å²) in [5, 5.41) is 4.35. The van der Waals surface area contributed by atoms with Gasteiger partial charge in [0.1, 0.15) is 11.0 Å². The molecule has 5 rings (SSSR count). The fraction of sp³-hybridized carbons (Fsp3) is 0.423. The Morgan fingerprint density at radius 3 is 2.50 bits per heavy atom. The topological polar surface area (TPSA) is 54.9 Å². The van der Waals surface area contributed by atoms with E-state index < -0.39 is 5.41 Å². The second-order valence-corrected chi connectivity index (χ2v) is 10.4. The molecule has 32 heavy (non-hydrogen) atoms. The largest absolute Gasteiger partial charge is 0.324 e. The Labute approximate surface area is 192 Å². The van der Waals surface area contributed by atoms with Crippen LogP contribution in [0.3, 0.4) is 0 Å². The number of hydrogen-bond acceptors (Lipinski definition) is 3. The van der Waals surface area contributed by atoms with Gasteiger partial charge in [0.25, 0.3) is 0 Å². The summed E-state index contributed by atoms with van der Waals surface area (Å²) in [5.74, 6) is 1.78. The molecule has 6 heteroatoms. The lowest BCUT2D eigenvalue weighted by Gasteiger charge is -2.31. The molecular formula is C26H27ClFN3O. The third-order valence-corrected chi connectivity index (χ3v) is 8.01. The zero-order chi connectivity index (χ0) is 22.5. The van der Waals surface area contributed by atoms with Crippen molar-refractivity contribution in [3.05, 3.63) is 65.3 Å². The van der Waals surface area contributed by atoms with Crippen molar-refractivity contribution in [2.75, 3.05) is 5.32 Å². The number of pyridine rings is 2. The first-order valence-corrected chi connectivity index (χ1v) is 11.7. The first-order chi connectivity index (χ1) is 15.3. The Hall–Kier alpha value is -2.53. The molecule has 1 N–H and O–H groups in total. The second kappa shape index (κ2) is 8.11. The van der Waals surface area contributed by atoms with Gasteiger partial charge in [-0.1, -0.05) is 25.4 Å². The summed E-state index contributed by atoms with van der Waals surface area (Å²) >= 11 is 5.85. The van der Waals surface area contributed by atoms with Gasteiger partial charge in [0.05, 0.1) is 17.4 Å². The summed E-state index contributed by atoms with van der Waals surface area (Å²) in [4.78, 5) is 21.5. The molecule has 4 atom stereocenters. The number of halogens is 2. The number of nitrogens with zero attached hydrogens (tertiary/aromatic N) is 2. The molecule has 3 aromatic rings. The van der Waals surface area contributed by atoms with Crippen LogP contribution in [0.4, 0.5) is 10.1 Å². The molecule has 0 bridgehead atoms.